The molecule has 3 N–H and O–H groups in total. The van der Waals surface area contributed by atoms with Gasteiger partial charge >= 0.3 is 0 Å². The van der Waals surface area contributed by atoms with Crippen molar-refractivity contribution in [1.29, 1.82) is 0 Å². The summed E-state index contributed by atoms with van der Waals surface area (Å²) >= 11 is 0. The van der Waals surface area contributed by atoms with Crippen LogP contribution >= 0.6 is 0 Å². The summed E-state index contributed by atoms with van der Waals surface area (Å²) in [5.41, 5.74) is 5.76. The number of nitrogens with two attached hydrogens (primary N) is 1. The minimum atomic E-state index is 0.229. The molecule has 112 valence electrons. The summed E-state index contributed by atoms with van der Waals surface area (Å²) in [5.74, 6) is 1.99. The molecule has 2 aromatic rings. The minimum absolute atomic E-state index is 0.229. The largest absolute Gasteiger partial charge is 0.368 e. The normalized spacial score (nSPS) is 15.1. The Hall–Kier alpha value is -2.45. The monoisotopic (exact) mass is 290 g/mol. The van der Waals surface area contributed by atoms with Crippen LogP contribution in [0.2, 0.25) is 0 Å². The molecule has 9 heteroatoms. The number of hydrogen-bond donors (Lipinski definition) is 2. The summed E-state index contributed by atoms with van der Waals surface area (Å²) in [4.78, 5) is 18.8. The molecule has 0 aliphatic carbocycles. The van der Waals surface area contributed by atoms with Crippen LogP contribution in [0.3, 0.4) is 0 Å². The first-order valence-corrected chi connectivity index (χ1v) is 7.07. The lowest BCUT2D eigenvalue weighted by molar-refractivity contribution is 0.410. The van der Waals surface area contributed by atoms with Crippen LogP contribution in [0, 0.1) is 0 Å². The van der Waals surface area contributed by atoms with Crippen molar-refractivity contribution >= 4 is 17.8 Å². The molecule has 1 fully saturated rings. The quantitative estimate of drug-likeness (QED) is 0.810. The second-order valence-electron chi connectivity index (χ2n) is 4.89. The lowest BCUT2D eigenvalue weighted by Crippen LogP contribution is -2.31. The standard InChI is InChI=1S/C12H18N8O/c13-10-16-11(14-5-4-9-15-8-21-19-9)18-12(17-10)20-6-2-1-3-7-20/h8H,1-7H2,(H3,13,14,16,17,18). The van der Waals surface area contributed by atoms with Crippen molar-refractivity contribution in [1.82, 2.24) is 25.1 Å². The van der Waals surface area contributed by atoms with Gasteiger partial charge in [-0.2, -0.15) is 19.9 Å². The van der Waals surface area contributed by atoms with E-state index in [1.807, 2.05) is 0 Å². The summed E-state index contributed by atoms with van der Waals surface area (Å²) in [6, 6.07) is 0. The van der Waals surface area contributed by atoms with Crippen LogP contribution in [-0.4, -0.2) is 44.7 Å². The highest BCUT2D eigenvalue weighted by atomic mass is 16.5. The van der Waals surface area contributed by atoms with E-state index in [4.69, 9.17) is 5.73 Å². The third kappa shape index (κ3) is 3.56. The SMILES string of the molecule is Nc1nc(NCCc2ncon2)nc(N2CCCCC2)n1. The molecule has 0 atom stereocenters. The van der Waals surface area contributed by atoms with Crippen molar-refractivity contribution in [3.05, 3.63) is 12.2 Å². The summed E-state index contributed by atoms with van der Waals surface area (Å²) in [5, 5.41) is 6.86. The number of nitrogen functional groups attached to an aromatic ring is 1. The van der Waals surface area contributed by atoms with Gasteiger partial charge in [0.15, 0.2) is 5.82 Å². The number of rotatable bonds is 5. The van der Waals surface area contributed by atoms with Crippen LogP contribution in [0.1, 0.15) is 25.1 Å². The van der Waals surface area contributed by atoms with E-state index in [0.717, 1.165) is 25.9 Å². The Kier molecular flexibility index (Phi) is 4.08. The Morgan fingerprint density at radius 2 is 2.05 bits per heavy atom. The summed E-state index contributed by atoms with van der Waals surface area (Å²) < 4.78 is 4.68. The molecule has 1 aliphatic heterocycles. The fraction of sp³-hybridized carbons (Fsp3) is 0.583. The van der Waals surface area contributed by atoms with Gasteiger partial charge in [-0.1, -0.05) is 5.16 Å². The van der Waals surface area contributed by atoms with Gasteiger partial charge in [-0.05, 0) is 19.3 Å². The van der Waals surface area contributed by atoms with E-state index in [-0.39, 0.29) is 5.95 Å². The van der Waals surface area contributed by atoms with Crippen molar-refractivity contribution in [2.75, 3.05) is 35.6 Å². The van der Waals surface area contributed by atoms with Crippen molar-refractivity contribution in [2.24, 2.45) is 0 Å². The zero-order valence-electron chi connectivity index (χ0n) is 11.7. The summed E-state index contributed by atoms with van der Waals surface area (Å²) in [6.07, 6.45) is 5.51. The van der Waals surface area contributed by atoms with Gasteiger partial charge < -0.3 is 20.5 Å². The highest BCUT2D eigenvalue weighted by molar-refractivity contribution is 5.42. The topological polar surface area (TPSA) is 119 Å². The Bertz CT molecular complexity index is 567. The molecule has 0 spiro atoms. The Morgan fingerprint density at radius 1 is 1.19 bits per heavy atom. The minimum Gasteiger partial charge on any atom is -0.368 e. The Labute approximate surface area is 122 Å². The smallest absolute Gasteiger partial charge is 0.231 e. The molecule has 3 rings (SSSR count). The molecule has 21 heavy (non-hydrogen) atoms. The fourth-order valence-electron chi connectivity index (χ4n) is 2.28. The lowest BCUT2D eigenvalue weighted by atomic mass is 10.1. The first-order chi connectivity index (χ1) is 10.3. The van der Waals surface area contributed by atoms with Gasteiger partial charge in [-0.3, -0.25) is 0 Å². The summed E-state index contributed by atoms with van der Waals surface area (Å²) in [7, 11) is 0. The predicted octanol–water partition coefficient (Wildman–Crippen LogP) is 0.482. The molecule has 1 aliphatic rings. The van der Waals surface area contributed by atoms with Crippen molar-refractivity contribution < 1.29 is 4.52 Å². The Morgan fingerprint density at radius 3 is 2.81 bits per heavy atom. The molecule has 0 amide bonds. The number of nitrogens with zero attached hydrogens (tertiary/aromatic N) is 6. The van der Waals surface area contributed by atoms with Crippen LogP contribution < -0.4 is 16.0 Å². The maximum absolute atomic E-state index is 5.76. The molecular weight excluding hydrogens is 272 g/mol. The highest BCUT2D eigenvalue weighted by Gasteiger charge is 2.15. The second-order valence-corrected chi connectivity index (χ2v) is 4.89. The van der Waals surface area contributed by atoms with E-state index in [1.165, 1.54) is 12.8 Å². The molecule has 3 heterocycles. The number of nitrogens with one attached hydrogen (secondary N) is 1. The molecule has 0 radical (unpaired) electrons. The van der Waals surface area contributed by atoms with Crippen LogP contribution in [0.4, 0.5) is 17.8 Å². The summed E-state index contributed by atoms with van der Waals surface area (Å²) in [6.45, 7) is 2.53. The molecule has 0 unspecified atom stereocenters. The van der Waals surface area contributed by atoms with Crippen LogP contribution in [-0.2, 0) is 6.42 Å². The first kappa shape index (κ1) is 13.5. The molecule has 2 aromatic heterocycles. The molecular formula is C12H18N8O. The maximum Gasteiger partial charge on any atom is 0.231 e. The van der Waals surface area contributed by atoms with E-state index in [1.54, 1.807) is 0 Å². The maximum atomic E-state index is 5.76. The molecule has 1 saturated heterocycles. The number of hydrogen-bond acceptors (Lipinski definition) is 9. The lowest BCUT2D eigenvalue weighted by Gasteiger charge is -2.26. The van der Waals surface area contributed by atoms with E-state index in [2.05, 4.69) is 39.8 Å². The first-order valence-electron chi connectivity index (χ1n) is 7.07. The zero-order valence-corrected chi connectivity index (χ0v) is 11.7. The van der Waals surface area contributed by atoms with Gasteiger partial charge in [0.25, 0.3) is 0 Å². The van der Waals surface area contributed by atoms with Crippen LogP contribution in [0.25, 0.3) is 0 Å². The zero-order chi connectivity index (χ0) is 14.5. The predicted molar refractivity (Wildman–Crippen MR) is 76.8 cm³/mol. The molecule has 0 bridgehead atoms. The third-order valence-electron chi connectivity index (χ3n) is 3.32. The van der Waals surface area contributed by atoms with E-state index < -0.39 is 0 Å². The van der Waals surface area contributed by atoms with E-state index >= 15 is 0 Å². The number of anilines is 3. The number of aromatic nitrogens is 5. The van der Waals surface area contributed by atoms with Gasteiger partial charge in [0.05, 0.1) is 0 Å². The van der Waals surface area contributed by atoms with Crippen LogP contribution in [0.15, 0.2) is 10.9 Å². The molecule has 0 saturated carbocycles. The van der Waals surface area contributed by atoms with E-state index in [0.29, 0.717) is 30.7 Å². The average Bonchev–Trinajstić information content (AvgIpc) is 3.01. The Balaban J connectivity index is 1.63. The molecule has 9 nitrogen and oxygen atoms in total. The van der Waals surface area contributed by atoms with Gasteiger partial charge in [-0.15, -0.1) is 0 Å². The van der Waals surface area contributed by atoms with Gasteiger partial charge in [0, 0.05) is 26.1 Å². The van der Waals surface area contributed by atoms with Crippen molar-refractivity contribution in [3.8, 4) is 0 Å². The van der Waals surface area contributed by atoms with Crippen molar-refractivity contribution in [2.45, 2.75) is 25.7 Å². The van der Waals surface area contributed by atoms with Crippen LogP contribution in [0.5, 0.6) is 0 Å². The molecule has 0 aromatic carbocycles. The van der Waals surface area contributed by atoms with Crippen molar-refractivity contribution in [3.63, 3.8) is 0 Å². The van der Waals surface area contributed by atoms with E-state index in [9.17, 15) is 0 Å². The number of piperidine rings is 1. The fourth-order valence-corrected chi connectivity index (χ4v) is 2.28. The van der Waals surface area contributed by atoms with Gasteiger partial charge in [0.1, 0.15) is 0 Å². The van der Waals surface area contributed by atoms with Gasteiger partial charge in [-0.25, -0.2) is 0 Å². The second kappa shape index (κ2) is 6.33. The van der Waals surface area contributed by atoms with Gasteiger partial charge in [0.2, 0.25) is 24.2 Å². The highest BCUT2D eigenvalue weighted by Crippen LogP contribution is 2.17. The average molecular weight is 290 g/mol. The third-order valence-corrected chi connectivity index (χ3v) is 3.32.